The Balaban J connectivity index is 1.95. The molecule has 0 spiro atoms. The minimum atomic E-state index is -4.99. The first-order valence-corrected chi connectivity index (χ1v) is 10.7. The molecule has 0 unspecified atom stereocenters. The van der Waals surface area contributed by atoms with E-state index in [2.05, 4.69) is 14.4 Å². The van der Waals surface area contributed by atoms with Crippen LogP contribution in [0.25, 0.3) is 11.1 Å². The predicted octanol–water partition coefficient (Wildman–Crippen LogP) is 4.47. The Morgan fingerprint density at radius 3 is 2.12 bits per heavy atom. The molecule has 176 valence electrons. The molecule has 0 bridgehead atoms. The van der Waals surface area contributed by atoms with E-state index in [9.17, 15) is 21.6 Å². The van der Waals surface area contributed by atoms with Crippen molar-refractivity contribution in [2.24, 2.45) is 0 Å². The van der Waals surface area contributed by atoms with Crippen molar-refractivity contribution in [1.29, 1.82) is 0 Å². The molecule has 3 aromatic rings. The summed E-state index contributed by atoms with van der Waals surface area (Å²) in [5.41, 5.74) is 1.29. The molecular weight excluding hydrogens is 465 g/mol. The quantitative estimate of drug-likeness (QED) is 0.504. The van der Waals surface area contributed by atoms with Crippen molar-refractivity contribution < 1.29 is 40.5 Å². The number of nitrogens with zero attached hydrogens (tertiary/aromatic N) is 1. The van der Waals surface area contributed by atoms with E-state index in [4.69, 9.17) is 14.2 Å². The number of pyridine rings is 1. The van der Waals surface area contributed by atoms with Crippen molar-refractivity contribution in [2.75, 3.05) is 26.1 Å². The number of hydrogen-bond acceptors (Lipinski definition) is 7. The Labute approximate surface area is 187 Å². The molecule has 12 heteroatoms. The molecule has 1 N–H and O–H groups in total. The zero-order chi connectivity index (χ0) is 24.2. The average Bonchev–Trinajstić information content (AvgIpc) is 2.77. The van der Waals surface area contributed by atoms with Gasteiger partial charge in [0, 0.05) is 17.8 Å². The SMILES string of the molecule is COc1ccc(-c2cncc(NS(=O)(=O)c3cc(OC(F)(F)F)ccc3OC)c2)cc1OC. The molecule has 3 rings (SSSR count). The van der Waals surface area contributed by atoms with Crippen molar-refractivity contribution in [3.05, 3.63) is 54.9 Å². The minimum absolute atomic E-state index is 0.0754. The van der Waals surface area contributed by atoms with Gasteiger partial charge >= 0.3 is 6.36 Å². The molecule has 0 amide bonds. The number of halogens is 3. The van der Waals surface area contributed by atoms with Crippen LogP contribution in [-0.2, 0) is 10.0 Å². The lowest BCUT2D eigenvalue weighted by molar-refractivity contribution is -0.274. The van der Waals surface area contributed by atoms with Crippen molar-refractivity contribution >= 4 is 15.7 Å². The largest absolute Gasteiger partial charge is 0.573 e. The van der Waals surface area contributed by atoms with Crippen LogP contribution < -0.4 is 23.7 Å². The number of sulfonamides is 1. The van der Waals surface area contributed by atoms with E-state index >= 15 is 0 Å². The number of rotatable bonds is 8. The number of nitrogens with one attached hydrogen (secondary N) is 1. The highest BCUT2D eigenvalue weighted by Gasteiger charge is 2.32. The molecule has 1 heterocycles. The second kappa shape index (κ2) is 9.45. The van der Waals surface area contributed by atoms with E-state index in [1.807, 2.05) is 0 Å². The van der Waals surface area contributed by atoms with Gasteiger partial charge in [-0.05, 0) is 35.9 Å². The van der Waals surface area contributed by atoms with Gasteiger partial charge in [-0.25, -0.2) is 8.42 Å². The maximum Gasteiger partial charge on any atom is 0.573 e. The standard InChI is InChI=1S/C21H19F3N2O6S/c1-29-17-6-4-13(9-19(17)31-3)14-8-15(12-25-11-14)26-33(27,28)20-10-16(32-21(22,23)24)5-7-18(20)30-2/h4-12,26H,1-3H3. The summed E-state index contributed by atoms with van der Waals surface area (Å²) in [6, 6.07) is 9.35. The van der Waals surface area contributed by atoms with E-state index in [1.165, 1.54) is 39.8 Å². The monoisotopic (exact) mass is 484 g/mol. The van der Waals surface area contributed by atoms with Crippen molar-refractivity contribution in [3.63, 3.8) is 0 Å². The Morgan fingerprint density at radius 1 is 0.818 bits per heavy atom. The molecule has 0 saturated carbocycles. The summed E-state index contributed by atoms with van der Waals surface area (Å²) in [6.07, 6.45) is -2.22. The van der Waals surface area contributed by atoms with Crippen LogP contribution in [0.3, 0.4) is 0 Å². The summed E-state index contributed by atoms with van der Waals surface area (Å²) in [4.78, 5) is 3.50. The van der Waals surface area contributed by atoms with Gasteiger partial charge in [-0.1, -0.05) is 6.07 Å². The lowest BCUT2D eigenvalue weighted by Gasteiger charge is -2.15. The van der Waals surface area contributed by atoms with E-state index < -0.39 is 27.0 Å². The normalized spacial score (nSPS) is 11.6. The molecule has 33 heavy (non-hydrogen) atoms. The van der Waals surface area contributed by atoms with E-state index in [0.717, 1.165) is 18.2 Å². The summed E-state index contributed by atoms with van der Waals surface area (Å²) >= 11 is 0. The maximum absolute atomic E-state index is 12.9. The molecule has 0 atom stereocenters. The summed E-state index contributed by atoms with van der Waals surface area (Å²) in [5, 5.41) is 0. The third-order valence-electron chi connectivity index (χ3n) is 4.37. The van der Waals surface area contributed by atoms with Gasteiger partial charge in [0.05, 0.1) is 33.2 Å². The fourth-order valence-electron chi connectivity index (χ4n) is 2.94. The molecule has 0 aliphatic carbocycles. The van der Waals surface area contributed by atoms with Gasteiger partial charge in [-0.2, -0.15) is 0 Å². The molecule has 2 aromatic carbocycles. The van der Waals surface area contributed by atoms with Gasteiger partial charge in [0.25, 0.3) is 10.0 Å². The summed E-state index contributed by atoms with van der Waals surface area (Å²) in [5.74, 6) is 0.105. The van der Waals surface area contributed by atoms with Gasteiger partial charge in [0.1, 0.15) is 16.4 Å². The Morgan fingerprint density at radius 2 is 1.48 bits per heavy atom. The van der Waals surface area contributed by atoms with Gasteiger partial charge in [-0.3, -0.25) is 9.71 Å². The number of hydrogen-bond donors (Lipinski definition) is 1. The van der Waals surface area contributed by atoms with Crippen molar-refractivity contribution in [2.45, 2.75) is 11.3 Å². The van der Waals surface area contributed by atoms with Gasteiger partial charge < -0.3 is 18.9 Å². The van der Waals surface area contributed by atoms with Crippen LogP contribution in [0.15, 0.2) is 59.8 Å². The minimum Gasteiger partial charge on any atom is -0.495 e. The van der Waals surface area contributed by atoms with Gasteiger partial charge in [-0.15, -0.1) is 13.2 Å². The lowest BCUT2D eigenvalue weighted by atomic mass is 10.1. The molecule has 0 aliphatic rings. The van der Waals surface area contributed by atoms with E-state index in [1.54, 1.807) is 18.2 Å². The third-order valence-corrected chi connectivity index (χ3v) is 5.77. The van der Waals surface area contributed by atoms with Crippen LogP contribution in [-0.4, -0.2) is 41.1 Å². The predicted molar refractivity (Wildman–Crippen MR) is 113 cm³/mol. The van der Waals surface area contributed by atoms with Gasteiger partial charge in [0.2, 0.25) is 0 Å². The second-order valence-corrected chi connectivity index (χ2v) is 8.15. The second-order valence-electron chi connectivity index (χ2n) is 6.50. The number of methoxy groups -OCH3 is 3. The number of anilines is 1. The smallest absolute Gasteiger partial charge is 0.495 e. The van der Waals surface area contributed by atoms with Crippen molar-refractivity contribution in [3.8, 4) is 34.1 Å². The fourth-order valence-corrected chi connectivity index (χ4v) is 4.16. The first-order chi connectivity index (χ1) is 15.6. The summed E-state index contributed by atoms with van der Waals surface area (Å²) in [6.45, 7) is 0. The van der Waals surface area contributed by atoms with Crippen LogP contribution in [0.1, 0.15) is 0 Å². The molecule has 0 fully saturated rings. The number of ether oxygens (including phenoxy) is 4. The average molecular weight is 484 g/mol. The Kier molecular flexibility index (Phi) is 6.86. The molecule has 0 aliphatic heterocycles. The number of aromatic nitrogens is 1. The Hall–Kier alpha value is -3.67. The molecule has 8 nitrogen and oxygen atoms in total. The lowest BCUT2D eigenvalue weighted by Crippen LogP contribution is -2.18. The molecule has 1 aromatic heterocycles. The highest BCUT2D eigenvalue weighted by molar-refractivity contribution is 7.92. The van der Waals surface area contributed by atoms with Gasteiger partial charge in [0.15, 0.2) is 11.5 Å². The third kappa shape index (κ3) is 5.77. The zero-order valence-corrected chi connectivity index (χ0v) is 18.5. The fraction of sp³-hybridized carbons (Fsp3) is 0.190. The van der Waals surface area contributed by atoms with Crippen LogP contribution in [0.5, 0.6) is 23.0 Å². The van der Waals surface area contributed by atoms with Crippen LogP contribution in [0, 0.1) is 0 Å². The summed E-state index contributed by atoms with van der Waals surface area (Å²) < 4.78 is 85.2. The van der Waals surface area contributed by atoms with Crippen LogP contribution in [0.2, 0.25) is 0 Å². The molecule has 0 saturated heterocycles. The number of alkyl halides is 3. The topological polar surface area (TPSA) is 96.0 Å². The van der Waals surface area contributed by atoms with Crippen LogP contribution in [0.4, 0.5) is 18.9 Å². The summed E-state index contributed by atoms with van der Waals surface area (Å²) in [7, 11) is -0.193. The Bertz CT molecular complexity index is 1250. The van der Waals surface area contributed by atoms with E-state index in [-0.39, 0.29) is 11.4 Å². The maximum atomic E-state index is 12.9. The highest BCUT2D eigenvalue weighted by atomic mass is 32.2. The highest BCUT2D eigenvalue weighted by Crippen LogP contribution is 2.34. The van der Waals surface area contributed by atoms with E-state index in [0.29, 0.717) is 22.6 Å². The number of benzene rings is 2. The first kappa shape index (κ1) is 24.0. The zero-order valence-electron chi connectivity index (χ0n) is 17.6. The molecule has 0 radical (unpaired) electrons. The first-order valence-electron chi connectivity index (χ1n) is 9.20. The van der Waals surface area contributed by atoms with Crippen LogP contribution >= 0.6 is 0 Å². The molecular formula is C21H19F3N2O6S. The van der Waals surface area contributed by atoms with Crippen molar-refractivity contribution in [1.82, 2.24) is 4.98 Å².